The van der Waals surface area contributed by atoms with Crippen LogP contribution in [0.3, 0.4) is 0 Å². The van der Waals surface area contributed by atoms with E-state index in [0.29, 0.717) is 5.75 Å². The van der Waals surface area contributed by atoms with Crippen molar-refractivity contribution in [2.24, 2.45) is 0 Å². The molecule has 0 saturated carbocycles. The molecule has 2 aromatic heterocycles. The minimum Gasteiger partial charge on any atom is -0.497 e. The van der Waals surface area contributed by atoms with Gasteiger partial charge in [0, 0.05) is 12.1 Å². The Balaban J connectivity index is 1.63. The van der Waals surface area contributed by atoms with Crippen molar-refractivity contribution in [1.82, 2.24) is 14.9 Å². The molecule has 4 aromatic rings. The highest BCUT2D eigenvalue weighted by molar-refractivity contribution is 5.97. The third-order valence-electron chi connectivity index (χ3n) is 5.44. The number of carboxylic acid groups (broad SMARTS) is 1. The number of H-pyrrole nitrogens is 1. The number of amides is 1. The van der Waals surface area contributed by atoms with Crippen LogP contribution in [-0.4, -0.2) is 33.6 Å². The third-order valence-corrected chi connectivity index (χ3v) is 5.44. The van der Waals surface area contributed by atoms with E-state index in [2.05, 4.69) is 10.3 Å². The van der Waals surface area contributed by atoms with Crippen LogP contribution in [0, 0.1) is 0 Å². The van der Waals surface area contributed by atoms with Crippen molar-refractivity contribution >= 4 is 22.8 Å². The van der Waals surface area contributed by atoms with Gasteiger partial charge in [-0.3, -0.25) is 9.59 Å². The highest BCUT2D eigenvalue weighted by Gasteiger charge is 2.20. The fraction of sp³-hybridized carbons (Fsp3) is 0.167. The molecule has 0 spiro atoms. The topological polar surface area (TPSA) is 144 Å². The molecule has 0 radical (unpaired) electrons. The molecule has 174 valence electrons. The van der Waals surface area contributed by atoms with Gasteiger partial charge in [0.1, 0.15) is 11.5 Å². The van der Waals surface area contributed by atoms with Crippen molar-refractivity contribution in [3.8, 4) is 5.75 Å². The Morgan fingerprint density at radius 2 is 1.85 bits per heavy atom. The summed E-state index contributed by atoms with van der Waals surface area (Å²) < 4.78 is 11.3. The number of benzene rings is 2. The minimum atomic E-state index is -1.26. The number of ether oxygens (including phenoxy) is 1. The Morgan fingerprint density at radius 3 is 2.50 bits per heavy atom. The summed E-state index contributed by atoms with van der Waals surface area (Å²) in [6.07, 6.45) is 0. The van der Waals surface area contributed by atoms with Gasteiger partial charge < -0.3 is 24.6 Å². The molecule has 34 heavy (non-hydrogen) atoms. The first kappa shape index (κ1) is 22.6. The first-order valence-electron chi connectivity index (χ1n) is 10.3. The van der Waals surface area contributed by atoms with Gasteiger partial charge in [-0.25, -0.2) is 14.2 Å². The number of carboxylic acids is 1. The number of nitrogens with one attached hydrogen (secondary N) is 2. The van der Waals surface area contributed by atoms with Crippen LogP contribution in [0.15, 0.2) is 68.6 Å². The maximum absolute atomic E-state index is 13.2. The van der Waals surface area contributed by atoms with Gasteiger partial charge in [-0.2, -0.15) is 0 Å². The Hall–Kier alpha value is -4.60. The van der Waals surface area contributed by atoms with E-state index < -0.39 is 23.3 Å². The number of rotatable bonds is 7. The van der Waals surface area contributed by atoms with Gasteiger partial charge >= 0.3 is 11.7 Å². The molecule has 1 unspecified atom stereocenters. The molecule has 0 bridgehead atoms. The molecule has 0 aliphatic carbocycles. The maximum atomic E-state index is 13.2. The number of furan rings is 1. The average Bonchev–Trinajstić information content (AvgIpc) is 3.33. The van der Waals surface area contributed by atoms with Gasteiger partial charge in [0.25, 0.3) is 11.5 Å². The van der Waals surface area contributed by atoms with Crippen LogP contribution in [0.2, 0.25) is 0 Å². The van der Waals surface area contributed by atoms with Gasteiger partial charge in [0.2, 0.25) is 5.76 Å². The maximum Gasteiger partial charge on any atom is 0.371 e. The van der Waals surface area contributed by atoms with Gasteiger partial charge in [0.05, 0.1) is 24.1 Å². The first-order chi connectivity index (χ1) is 16.3. The van der Waals surface area contributed by atoms with Crippen LogP contribution < -0.4 is 21.3 Å². The monoisotopic (exact) mass is 463 g/mol. The van der Waals surface area contributed by atoms with Gasteiger partial charge in [0.15, 0.2) is 0 Å². The minimum absolute atomic E-state index is 0.133. The number of hydrogen-bond acceptors (Lipinski definition) is 6. The summed E-state index contributed by atoms with van der Waals surface area (Å²) >= 11 is 0. The lowest BCUT2D eigenvalue weighted by atomic mass is 10.1. The van der Waals surface area contributed by atoms with Crippen LogP contribution >= 0.6 is 0 Å². The van der Waals surface area contributed by atoms with Crippen LogP contribution in [-0.2, 0) is 6.54 Å². The quantitative estimate of drug-likeness (QED) is 0.382. The molecule has 10 nitrogen and oxygen atoms in total. The number of aromatic nitrogens is 2. The number of carbonyl (C=O) groups is 2. The summed E-state index contributed by atoms with van der Waals surface area (Å²) in [7, 11) is 1.57. The summed E-state index contributed by atoms with van der Waals surface area (Å²) in [5.41, 5.74) is 0.0697. The highest BCUT2D eigenvalue weighted by Crippen LogP contribution is 2.19. The first-order valence-corrected chi connectivity index (χ1v) is 10.3. The summed E-state index contributed by atoms with van der Waals surface area (Å²) in [6.45, 7) is 1.82. The van der Waals surface area contributed by atoms with Crippen molar-refractivity contribution in [2.75, 3.05) is 7.11 Å². The van der Waals surface area contributed by atoms with E-state index in [1.807, 2.05) is 12.1 Å². The molecule has 3 N–H and O–H groups in total. The van der Waals surface area contributed by atoms with Crippen molar-refractivity contribution in [3.05, 3.63) is 98.1 Å². The average molecular weight is 463 g/mol. The molecule has 0 saturated heterocycles. The molecule has 0 aliphatic rings. The van der Waals surface area contributed by atoms with E-state index in [0.717, 1.165) is 10.1 Å². The zero-order valence-corrected chi connectivity index (χ0v) is 18.3. The van der Waals surface area contributed by atoms with E-state index in [4.69, 9.17) is 14.3 Å². The van der Waals surface area contributed by atoms with E-state index >= 15 is 0 Å². The van der Waals surface area contributed by atoms with E-state index in [1.54, 1.807) is 26.2 Å². The summed E-state index contributed by atoms with van der Waals surface area (Å²) in [5, 5.41) is 12.0. The Labute approximate surface area is 192 Å². The number of aromatic carboxylic acids is 1. The summed E-state index contributed by atoms with van der Waals surface area (Å²) in [5.74, 6) is -1.11. The van der Waals surface area contributed by atoms with Gasteiger partial charge in [-0.05, 0) is 55.0 Å². The fourth-order valence-electron chi connectivity index (χ4n) is 3.57. The normalized spacial score (nSPS) is 11.8. The van der Waals surface area contributed by atoms with Crippen LogP contribution in [0.1, 0.15) is 45.2 Å². The predicted octanol–water partition coefficient (Wildman–Crippen LogP) is 2.53. The lowest BCUT2D eigenvalue weighted by molar-refractivity contribution is 0.0659. The van der Waals surface area contributed by atoms with Crippen molar-refractivity contribution < 1.29 is 23.8 Å². The van der Waals surface area contributed by atoms with Crippen LogP contribution in [0.4, 0.5) is 0 Å². The molecule has 4 rings (SSSR count). The van der Waals surface area contributed by atoms with Gasteiger partial charge in [-0.15, -0.1) is 0 Å². The largest absolute Gasteiger partial charge is 0.497 e. The zero-order valence-electron chi connectivity index (χ0n) is 18.3. The second-order valence-corrected chi connectivity index (χ2v) is 7.58. The summed E-state index contributed by atoms with van der Waals surface area (Å²) in [4.78, 5) is 52.1. The zero-order chi connectivity index (χ0) is 24.4. The smallest absolute Gasteiger partial charge is 0.371 e. The number of nitrogens with zero attached hydrogens (tertiary/aromatic N) is 1. The second-order valence-electron chi connectivity index (χ2n) is 7.58. The lowest BCUT2D eigenvalue weighted by Crippen LogP contribution is -2.37. The van der Waals surface area contributed by atoms with Gasteiger partial charge in [-0.1, -0.05) is 12.1 Å². The predicted molar refractivity (Wildman–Crippen MR) is 122 cm³/mol. The molecule has 1 amide bonds. The molecule has 0 fully saturated rings. The molecule has 0 aliphatic heterocycles. The number of methoxy groups -OCH3 is 1. The standard InChI is InChI=1S/C24H21N3O7/c1-13(19-9-10-20(34-19)23(30)31)27-22(29)17-11-15(5-8-18(17)26-24(27)32)21(28)25-12-14-3-6-16(33-2)7-4-14/h3-11,13H,12H2,1-2H3,(H,25,28)(H,26,32)(H,30,31). The molecule has 10 heteroatoms. The number of hydrogen-bond donors (Lipinski definition) is 3. The molecular weight excluding hydrogens is 442 g/mol. The number of aromatic amines is 1. The van der Waals surface area contributed by atoms with E-state index in [1.165, 1.54) is 30.3 Å². The molecular formula is C24H21N3O7. The van der Waals surface area contributed by atoms with Crippen LogP contribution in [0.25, 0.3) is 10.9 Å². The highest BCUT2D eigenvalue weighted by atomic mass is 16.5. The second kappa shape index (κ2) is 9.10. The van der Waals surface area contributed by atoms with Crippen LogP contribution in [0.5, 0.6) is 5.75 Å². The summed E-state index contributed by atoms with van der Waals surface area (Å²) in [6, 6.07) is 13.4. The van der Waals surface area contributed by atoms with Crippen molar-refractivity contribution in [2.45, 2.75) is 19.5 Å². The molecule has 2 heterocycles. The van der Waals surface area contributed by atoms with Crippen molar-refractivity contribution in [3.63, 3.8) is 0 Å². The molecule has 2 aromatic carbocycles. The van der Waals surface area contributed by atoms with E-state index in [-0.39, 0.29) is 40.4 Å². The Morgan fingerprint density at radius 1 is 1.12 bits per heavy atom. The number of fused-ring (bicyclic) bond motifs is 1. The Bertz CT molecular complexity index is 1500. The fourth-order valence-corrected chi connectivity index (χ4v) is 3.57. The molecule has 1 atom stereocenters. The van der Waals surface area contributed by atoms with Crippen molar-refractivity contribution in [1.29, 1.82) is 0 Å². The Kier molecular flexibility index (Phi) is 6.05. The third kappa shape index (κ3) is 4.33. The lowest BCUT2D eigenvalue weighted by Gasteiger charge is -2.13. The van der Waals surface area contributed by atoms with E-state index in [9.17, 15) is 19.2 Å². The number of carbonyl (C=O) groups excluding carboxylic acids is 1. The SMILES string of the molecule is COc1ccc(CNC(=O)c2ccc3[nH]c(=O)n(C(C)c4ccc(C(=O)O)o4)c(=O)c3c2)cc1.